The van der Waals surface area contributed by atoms with E-state index in [4.69, 9.17) is 11.6 Å². The first kappa shape index (κ1) is 13.4. The van der Waals surface area contributed by atoms with Crippen LogP contribution in [0.5, 0.6) is 0 Å². The van der Waals surface area contributed by atoms with Crippen LogP contribution in [-0.2, 0) is 0 Å². The molecular formula is C16H23ClN2. The van der Waals surface area contributed by atoms with Gasteiger partial charge >= 0.3 is 0 Å². The summed E-state index contributed by atoms with van der Waals surface area (Å²) in [5.41, 5.74) is 1.27. The summed E-state index contributed by atoms with van der Waals surface area (Å²) in [4.78, 5) is 5.28. The Morgan fingerprint density at radius 2 is 2.00 bits per heavy atom. The van der Waals surface area contributed by atoms with Gasteiger partial charge in [-0.2, -0.15) is 0 Å². The highest BCUT2D eigenvalue weighted by Gasteiger charge is 2.31. The van der Waals surface area contributed by atoms with Crippen molar-refractivity contribution in [3.8, 4) is 0 Å². The van der Waals surface area contributed by atoms with E-state index in [1.807, 2.05) is 12.1 Å². The number of benzene rings is 1. The second-order valence-corrected chi connectivity index (χ2v) is 6.29. The summed E-state index contributed by atoms with van der Waals surface area (Å²) in [6.45, 7) is 7.19. The van der Waals surface area contributed by atoms with E-state index in [0.29, 0.717) is 6.04 Å². The third-order valence-electron chi connectivity index (χ3n) is 4.77. The quantitative estimate of drug-likeness (QED) is 0.816. The van der Waals surface area contributed by atoms with Gasteiger partial charge in [-0.05, 0) is 37.9 Å². The lowest BCUT2D eigenvalue weighted by molar-refractivity contribution is 0.0307. The molecule has 2 aliphatic rings. The summed E-state index contributed by atoms with van der Waals surface area (Å²) < 4.78 is 0. The fraction of sp³-hybridized carbons (Fsp3) is 0.625. The molecular weight excluding hydrogens is 256 g/mol. The van der Waals surface area contributed by atoms with Gasteiger partial charge in [0, 0.05) is 36.7 Å². The van der Waals surface area contributed by atoms with Crippen LogP contribution >= 0.6 is 11.6 Å². The van der Waals surface area contributed by atoms with Gasteiger partial charge < -0.3 is 0 Å². The van der Waals surface area contributed by atoms with E-state index < -0.39 is 0 Å². The average molecular weight is 279 g/mol. The zero-order chi connectivity index (χ0) is 13.2. The molecule has 0 spiro atoms. The predicted octanol–water partition coefficient (Wildman–Crippen LogP) is 3.57. The summed E-state index contributed by atoms with van der Waals surface area (Å²) in [5.74, 6) is 0. The van der Waals surface area contributed by atoms with Crippen LogP contribution in [0.1, 0.15) is 37.8 Å². The van der Waals surface area contributed by atoms with Gasteiger partial charge in [0.25, 0.3) is 0 Å². The highest BCUT2D eigenvalue weighted by Crippen LogP contribution is 2.30. The normalized spacial score (nSPS) is 26.9. The van der Waals surface area contributed by atoms with E-state index in [1.54, 1.807) is 0 Å². The third-order valence-corrected chi connectivity index (χ3v) is 5.12. The Bertz CT molecular complexity index is 435. The van der Waals surface area contributed by atoms with Gasteiger partial charge in [-0.1, -0.05) is 36.2 Å². The Labute approximate surface area is 121 Å². The fourth-order valence-corrected chi connectivity index (χ4v) is 3.84. The van der Waals surface area contributed by atoms with Gasteiger partial charge in [-0.15, -0.1) is 0 Å². The van der Waals surface area contributed by atoms with Gasteiger partial charge in [0.2, 0.25) is 0 Å². The van der Waals surface area contributed by atoms with E-state index >= 15 is 0 Å². The summed E-state index contributed by atoms with van der Waals surface area (Å²) in [7, 11) is 0. The zero-order valence-corrected chi connectivity index (χ0v) is 12.4. The molecule has 2 saturated heterocycles. The van der Waals surface area contributed by atoms with Gasteiger partial charge in [-0.3, -0.25) is 9.80 Å². The highest BCUT2D eigenvalue weighted by molar-refractivity contribution is 6.31. The van der Waals surface area contributed by atoms with Crippen LogP contribution in [0.15, 0.2) is 24.3 Å². The maximum atomic E-state index is 6.34. The number of rotatable bonds is 2. The maximum absolute atomic E-state index is 6.34. The minimum absolute atomic E-state index is 0.428. The lowest BCUT2D eigenvalue weighted by Gasteiger charge is -2.46. The molecule has 2 unspecified atom stereocenters. The molecule has 0 N–H and O–H groups in total. The number of hydrogen-bond donors (Lipinski definition) is 0. The Kier molecular flexibility index (Phi) is 4.11. The standard InChI is InChI=1S/C16H23ClN2/c1-13(15-7-2-3-8-16(15)17)19-11-10-18-9-5-4-6-14(18)12-19/h2-3,7-8,13-14H,4-6,9-12H2,1H3. The van der Waals surface area contributed by atoms with Crippen molar-refractivity contribution < 1.29 is 0 Å². The van der Waals surface area contributed by atoms with Crippen LogP contribution in [0.3, 0.4) is 0 Å². The molecule has 0 saturated carbocycles. The van der Waals surface area contributed by atoms with Crippen molar-refractivity contribution >= 4 is 11.6 Å². The maximum Gasteiger partial charge on any atom is 0.0453 e. The van der Waals surface area contributed by atoms with Crippen LogP contribution in [0.25, 0.3) is 0 Å². The number of piperidine rings is 1. The number of nitrogens with zero attached hydrogens (tertiary/aromatic N) is 2. The highest BCUT2D eigenvalue weighted by atomic mass is 35.5. The van der Waals surface area contributed by atoms with E-state index in [1.165, 1.54) is 51.0 Å². The van der Waals surface area contributed by atoms with Crippen molar-refractivity contribution in [3.63, 3.8) is 0 Å². The van der Waals surface area contributed by atoms with Gasteiger partial charge in [0.15, 0.2) is 0 Å². The first-order valence-corrected chi connectivity index (χ1v) is 7.86. The van der Waals surface area contributed by atoms with Crippen LogP contribution in [0.2, 0.25) is 5.02 Å². The second kappa shape index (κ2) is 5.82. The number of piperazine rings is 1. The van der Waals surface area contributed by atoms with Crippen LogP contribution in [-0.4, -0.2) is 42.0 Å². The second-order valence-electron chi connectivity index (χ2n) is 5.88. The molecule has 0 amide bonds. The van der Waals surface area contributed by atoms with Gasteiger partial charge in [0.1, 0.15) is 0 Å². The van der Waals surface area contributed by atoms with Crippen molar-refractivity contribution in [2.45, 2.75) is 38.3 Å². The first-order valence-electron chi connectivity index (χ1n) is 7.48. The largest absolute Gasteiger partial charge is 0.298 e. The molecule has 2 aliphatic heterocycles. The lowest BCUT2D eigenvalue weighted by Crippen LogP contribution is -2.55. The van der Waals surface area contributed by atoms with Crippen molar-refractivity contribution in [1.29, 1.82) is 0 Å². The monoisotopic (exact) mass is 278 g/mol. The first-order chi connectivity index (χ1) is 9.25. The lowest BCUT2D eigenvalue weighted by atomic mass is 9.97. The van der Waals surface area contributed by atoms with Crippen molar-refractivity contribution in [2.75, 3.05) is 26.2 Å². The minimum atomic E-state index is 0.428. The molecule has 3 rings (SSSR count). The van der Waals surface area contributed by atoms with Crippen molar-refractivity contribution in [3.05, 3.63) is 34.9 Å². The Morgan fingerprint density at radius 3 is 2.84 bits per heavy atom. The van der Waals surface area contributed by atoms with Crippen molar-refractivity contribution in [1.82, 2.24) is 9.80 Å². The molecule has 1 aromatic carbocycles. The SMILES string of the molecule is CC(c1ccccc1Cl)N1CCN2CCCCC2C1. The molecule has 104 valence electrons. The molecule has 2 nitrogen and oxygen atoms in total. The Hall–Kier alpha value is -0.570. The molecule has 19 heavy (non-hydrogen) atoms. The van der Waals surface area contributed by atoms with Crippen LogP contribution < -0.4 is 0 Å². The van der Waals surface area contributed by atoms with Crippen LogP contribution in [0, 0.1) is 0 Å². The van der Waals surface area contributed by atoms with E-state index in [9.17, 15) is 0 Å². The van der Waals surface area contributed by atoms with Crippen molar-refractivity contribution in [2.24, 2.45) is 0 Å². The number of halogens is 1. The molecule has 0 radical (unpaired) electrons. The minimum Gasteiger partial charge on any atom is -0.298 e. The zero-order valence-electron chi connectivity index (χ0n) is 11.7. The molecule has 0 aliphatic carbocycles. The summed E-state index contributed by atoms with van der Waals surface area (Å²) in [6, 6.07) is 9.47. The molecule has 0 aromatic heterocycles. The summed E-state index contributed by atoms with van der Waals surface area (Å²) in [6.07, 6.45) is 4.15. The van der Waals surface area contributed by atoms with E-state index in [0.717, 1.165) is 11.1 Å². The molecule has 0 bridgehead atoms. The smallest absolute Gasteiger partial charge is 0.0453 e. The predicted molar refractivity (Wildman–Crippen MR) is 80.7 cm³/mol. The molecule has 2 heterocycles. The Balaban J connectivity index is 1.71. The fourth-order valence-electron chi connectivity index (χ4n) is 3.54. The summed E-state index contributed by atoms with van der Waals surface area (Å²) >= 11 is 6.34. The van der Waals surface area contributed by atoms with Crippen LogP contribution in [0.4, 0.5) is 0 Å². The molecule has 2 fully saturated rings. The Morgan fingerprint density at radius 1 is 1.16 bits per heavy atom. The summed E-state index contributed by atoms with van der Waals surface area (Å²) in [5, 5.41) is 0.904. The average Bonchev–Trinajstić information content (AvgIpc) is 2.46. The third kappa shape index (κ3) is 2.81. The van der Waals surface area contributed by atoms with Gasteiger partial charge in [0.05, 0.1) is 0 Å². The number of fused-ring (bicyclic) bond motifs is 1. The molecule has 2 atom stereocenters. The molecule has 1 aromatic rings. The van der Waals surface area contributed by atoms with Gasteiger partial charge in [-0.25, -0.2) is 0 Å². The van der Waals surface area contributed by atoms with E-state index in [2.05, 4.69) is 28.9 Å². The van der Waals surface area contributed by atoms with E-state index in [-0.39, 0.29) is 0 Å². The number of hydrogen-bond acceptors (Lipinski definition) is 2. The topological polar surface area (TPSA) is 6.48 Å². The molecule has 3 heteroatoms.